The van der Waals surface area contributed by atoms with Gasteiger partial charge in [0.1, 0.15) is 0 Å². The van der Waals surface area contributed by atoms with Crippen LogP contribution in [0.25, 0.3) is 10.9 Å². The number of ether oxygens (including phenoxy) is 2. The fraction of sp³-hybridized carbons (Fsp3) is 0.435. The zero-order chi connectivity index (χ0) is 25.8. The van der Waals surface area contributed by atoms with Crippen molar-refractivity contribution in [2.75, 3.05) is 38.6 Å². The van der Waals surface area contributed by atoms with Gasteiger partial charge < -0.3 is 34.7 Å². The number of carbonyl (C=O) groups is 5. The smallest absolute Gasteiger partial charge is 0.335 e. The van der Waals surface area contributed by atoms with Crippen molar-refractivity contribution in [1.29, 1.82) is 0 Å². The van der Waals surface area contributed by atoms with Crippen LogP contribution in [0.4, 0.5) is 5.69 Å². The first kappa shape index (κ1) is 25.8. The van der Waals surface area contributed by atoms with Crippen molar-refractivity contribution >= 4 is 46.6 Å². The lowest BCUT2D eigenvalue weighted by atomic mass is 10.1. The van der Waals surface area contributed by atoms with Crippen LogP contribution in [-0.4, -0.2) is 95.0 Å². The highest BCUT2D eigenvalue weighted by Crippen LogP contribution is 2.27. The van der Waals surface area contributed by atoms with Crippen LogP contribution in [-0.2, 0) is 28.7 Å². The molecule has 1 aromatic carbocycles. The Kier molecular flexibility index (Phi) is 7.87. The Labute approximate surface area is 201 Å². The third kappa shape index (κ3) is 6.22. The van der Waals surface area contributed by atoms with Crippen molar-refractivity contribution in [3.05, 3.63) is 30.0 Å². The third-order valence-electron chi connectivity index (χ3n) is 5.44. The van der Waals surface area contributed by atoms with E-state index in [1.165, 1.54) is 29.8 Å². The summed E-state index contributed by atoms with van der Waals surface area (Å²) in [5.41, 5.74) is 0.892. The van der Waals surface area contributed by atoms with Crippen molar-refractivity contribution in [3.8, 4) is 0 Å². The minimum atomic E-state index is -1.67. The van der Waals surface area contributed by atoms with E-state index < -0.39 is 41.9 Å². The van der Waals surface area contributed by atoms with Crippen LogP contribution in [0.15, 0.2) is 24.4 Å². The highest BCUT2D eigenvalue weighted by atomic mass is 16.6. The number of H-pyrrole nitrogens is 1. The fourth-order valence-corrected chi connectivity index (χ4v) is 3.76. The average molecular weight is 488 g/mol. The number of methoxy groups -OCH3 is 1. The van der Waals surface area contributed by atoms with Gasteiger partial charge in [-0.1, -0.05) is 12.1 Å². The maximum Gasteiger partial charge on any atom is 0.335 e. The Morgan fingerprint density at radius 2 is 1.89 bits per heavy atom. The molecular weight excluding hydrogens is 460 g/mol. The number of esters is 1. The van der Waals surface area contributed by atoms with Crippen molar-refractivity contribution in [2.45, 2.75) is 32.2 Å². The fourth-order valence-electron chi connectivity index (χ4n) is 3.76. The standard InChI is InChI=1S/C23H28N4O8/c1-23(2,33)35-17(22(32)34-3)11-18(29)25-16-6-4-5-14-15(12-24-19(14)16)20(30)21(31)27-9-7-26(13-28)8-10-27/h4-6,12-13,17,24,33H,7-11H2,1-3H3,(H,25,29)/t17-/m0/s1. The molecule has 0 aliphatic carbocycles. The van der Waals surface area contributed by atoms with Gasteiger partial charge in [0.25, 0.3) is 11.7 Å². The summed E-state index contributed by atoms with van der Waals surface area (Å²) in [6.07, 6.45) is 0.350. The number of hydrogen-bond donors (Lipinski definition) is 3. The normalized spacial score (nSPS) is 15.0. The van der Waals surface area contributed by atoms with Gasteiger partial charge in [-0.05, 0) is 19.9 Å². The van der Waals surface area contributed by atoms with Gasteiger partial charge >= 0.3 is 5.97 Å². The van der Waals surface area contributed by atoms with E-state index in [9.17, 15) is 29.1 Å². The number of nitrogens with one attached hydrogen (secondary N) is 2. The molecule has 0 unspecified atom stereocenters. The second-order valence-electron chi connectivity index (χ2n) is 8.52. The second-order valence-corrected chi connectivity index (χ2v) is 8.52. The first-order chi connectivity index (χ1) is 16.5. The molecule has 12 nitrogen and oxygen atoms in total. The van der Waals surface area contributed by atoms with Crippen LogP contribution >= 0.6 is 0 Å². The summed E-state index contributed by atoms with van der Waals surface area (Å²) in [6, 6.07) is 4.84. The average Bonchev–Trinajstić information content (AvgIpc) is 3.26. The topological polar surface area (TPSA) is 158 Å². The predicted molar refractivity (Wildman–Crippen MR) is 123 cm³/mol. The second kappa shape index (κ2) is 10.7. The molecule has 1 fully saturated rings. The third-order valence-corrected chi connectivity index (χ3v) is 5.44. The molecule has 1 aliphatic rings. The number of ketones is 1. The largest absolute Gasteiger partial charge is 0.467 e. The van der Waals surface area contributed by atoms with Crippen molar-refractivity contribution < 1.29 is 38.6 Å². The quantitative estimate of drug-likeness (QED) is 0.149. The molecule has 12 heteroatoms. The maximum atomic E-state index is 12.9. The number of aromatic amines is 1. The molecule has 1 aromatic heterocycles. The van der Waals surface area contributed by atoms with Crippen LogP contribution in [0.3, 0.4) is 0 Å². The molecule has 0 saturated carbocycles. The molecule has 2 aromatic rings. The summed E-state index contributed by atoms with van der Waals surface area (Å²) in [5.74, 6) is -4.45. The number of benzene rings is 1. The lowest BCUT2D eigenvalue weighted by molar-refractivity contribution is -0.216. The summed E-state index contributed by atoms with van der Waals surface area (Å²) in [5, 5.41) is 12.9. The first-order valence-corrected chi connectivity index (χ1v) is 10.9. The maximum absolute atomic E-state index is 12.9. The number of amides is 3. The van der Waals surface area contributed by atoms with Crippen LogP contribution in [0.5, 0.6) is 0 Å². The van der Waals surface area contributed by atoms with Crippen molar-refractivity contribution in [3.63, 3.8) is 0 Å². The van der Waals surface area contributed by atoms with E-state index in [1.807, 2.05) is 0 Å². The molecule has 0 bridgehead atoms. The van der Waals surface area contributed by atoms with E-state index in [0.717, 1.165) is 7.11 Å². The lowest BCUT2D eigenvalue weighted by Gasteiger charge is -2.32. The number of rotatable bonds is 9. The number of carbonyl (C=O) groups excluding carboxylic acids is 5. The molecule has 3 N–H and O–H groups in total. The number of fused-ring (bicyclic) bond motifs is 1. The Hall–Kier alpha value is -3.77. The Morgan fingerprint density at radius 1 is 1.20 bits per heavy atom. The number of hydrogen-bond acceptors (Lipinski definition) is 8. The van der Waals surface area contributed by atoms with Gasteiger partial charge in [0.15, 0.2) is 11.9 Å². The van der Waals surface area contributed by atoms with E-state index in [2.05, 4.69) is 15.0 Å². The van der Waals surface area contributed by atoms with Crippen molar-refractivity contribution in [1.82, 2.24) is 14.8 Å². The molecule has 1 saturated heterocycles. The van der Waals surface area contributed by atoms with E-state index in [4.69, 9.17) is 4.74 Å². The summed E-state index contributed by atoms with van der Waals surface area (Å²) in [7, 11) is 1.14. The van der Waals surface area contributed by atoms with Gasteiger partial charge in [0.2, 0.25) is 12.3 Å². The highest BCUT2D eigenvalue weighted by Gasteiger charge is 2.31. The van der Waals surface area contributed by atoms with Gasteiger partial charge in [0.05, 0.1) is 30.3 Å². The van der Waals surface area contributed by atoms with Crippen LogP contribution in [0, 0.1) is 0 Å². The summed E-state index contributed by atoms with van der Waals surface area (Å²) in [4.78, 5) is 67.0. The van der Waals surface area contributed by atoms with Gasteiger partial charge in [0, 0.05) is 37.8 Å². The van der Waals surface area contributed by atoms with Crippen LogP contribution in [0.2, 0.25) is 0 Å². The summed E-state index contributed by atoms with van der Waals surface area (Å²) >= 11 is 0. The number of anilines is 1. The van der Waals surface area contributed by atoms with Gasteiger partial charge in [-0.15, -0.1) is 0 Å². The molecular formula is C23H28N4O8. The van der Waals surface area contributed by atoms with Gasteiger partial charge in [-0.3, -0.25) is 19.2 Å². The molecule has 3 rings (SSSR count). The molecule has 1 aliphatic heterocycles. The molecule has 35 heavy (non-hydrogen) atoms. The molecule has 1 atom stereocenters. The van der Waals surface area contributed by atoms with E-state index in [0.29, 0.717) is 36.1 Å². The monoisotopic (exact) mass is 488 g/mol. The zero-order valence-electron chi connectivity index (χ0n) is 19.7. The minimum absolute atomic E-state index is 0.150. The van der Waals surface area contributed by atoms with Crippen LogP contribution < -0.4 is 5.32 Å². The highest BCUT2D eigenvalue weighted by molar-refractivity contribution is 6.45. The number of para-hydroxylation sites is 1. The minimum Gasteiger partial charge on any atom is -0.467 e. The van der Waals surface area contributed by atoms with Gasteiger partial charge in [-0.25, -0.2) is 4.79 Å². The Balaban J connectivity index is 1.75. The Bertz CT molecular complexity index is 1130. The molecule has 3 amide bonds. The van der Waals surface area contributed by atoms with Crippen molar-refractivity contribution in [2.24, 2.45) is 0 Å². The van der Waals surface area contributed by atoms with E-state index >= 15 is 0 Å². The van der Waals surface area contributed by atoms with Crippen LogP contribution in [0.1, 0.15) is 30.6 Å². The first-order valence-electron chi connectivity index (χ1n) is 10.9. The summed E-state index contributed by atoms with van der Waals surface area (Å²) in [6.45, 7) is 3.89. The number of nitrogens with zero attached hydrogens (tertiary/aromatic N) is 2. The molecule has 0 radical (unpaired) electrons. The van der Waals surface area contributed by atoms with E-state index in [-0.39, 0.29) is 18.7 Å². The zero-order valence-corrected chi connectivity index (χ0v) is 19.7. The number of aliphatic hydroxyl groups is 1. The van der Waals surface area contributed by atoms with E-state index in [1.54, 1.807) is 18.2 Å². The number of Topliss-reactive ketones (excluding diaryl/α,β-unsaturated/α-hetero) is 1. The predicted octanol–water partition coefficient (Wildman–Crippen LogP) is 0.266. The number of piperazine rings is 1. The Morgan fingerprint density at radius 3 is 2.49 bits per heavy atom. The molecule has 0 spiro atoms. The molecule has 2 heterocycles. The lowest BCUT2D eigenvalue weighted by Crippen LogP contribution is -2.50. The SMILES string of the molecule is COC(=O)[C@H](CC(=O)Nc1cccc2c(C(=O)C(=O)N3CCN(C=O)CC3)c[nH]c12)OC(C)(C)O. The summed E-state index contributed by atoms with van der Waals surface area (Å²) < 4.78 is 9.86. The number of aromatic nitrogens is 1. The molecule has 188 valence electrons. The van der Waals surface area contributed by atoms with Gasteiger partial charge in [-0.2, -0.15) is 0 Å².